The molecular weight excluding hydrogens is 1050 g/mol. The lowest BCUT2D eigenvalue weighted by molar-refractivity contribution is -0.340. The minimum Gasteiger partial charge on any atom is -0.461 e. The fourth-order valence-corrected chi connectivity index (χ4v) is 13.6. The molecule has 4 fully saturated rings. The molecule has 0 N–H and O–H groups in total. The van der Waals surface area contributed by atoms with E-state index in [2.05, 4.69) is 73.5 Å². The Balaban J connectivity index is 1.40. The van der Waals surface area contributed by atoms with E-state index in [-0.39, 0.29) is 90.9 Å². The van der Waals surface area contributed by atoms with Crippen molar-refractivity contribution >= 4 is 44.5 Å². The maximum Gasteiger partial charge on any atom is 0.341 e. The van der Waals surface area contributed by atoms with Crippen molar-refractivity contribution in [2.45, 2.75) is 271 Å². The molecule has 0 unspecified atom stereocenters. The molecule has 0 amide bonds. The molecule has 12 atom stereocenters. The number of carbonyl (C=O) groups excluding carboxylic acids is 1. The summed E-state index contributed by atoms with van der Waals surface area (Å²) in [5.41, 5.74) is 0. The zero-order valence-corrected chi connectivity index (χ0v) is 50.7. The highest BCUT2D eigenvalue weighted by molar-refractivity contribution is 14.1. The van der Waals surface area contributed by atoms with Crippen LogP contribution in [0, 0.1) is 17.8 Å². The highest BCUT2D eigenvalue weighted by Crippen LogP contribution is 2.48. The zero-order valence-electron chi connectivity index (χ0n) is 46.6. The van der Waals surface area contributed by atoms with Crippen molar-refractivity contribution in [3.05, 3.63) is 22.3 Å². The van der Waals surface area contributed by atoms with E-state index in [4.69, 9.17) is 56.1 Å². The lowest BCUT2D eigenvalue weighted by atomic mass is 9.88. The SMILES string of the molecule is CCOP(=O)(CC(=O)O[C@@H](C(C)C)[C@@H](C)/C=C/[C@H]1C[C@@H](C[C@H]2C[C@H](C[C@H]3C[C@H](C[C@@H]4C[C@H]([C@@H](C)[C@H](C/C=C/I)O[Si](C)(C)C(C)(C)C)OC(C)(C)O4)OC(C)(C)O3)OC(C)(C)O2)OC(C)(C)O1)OCC. The molecule has 14 nitrogen and oxygen atoms in total. The van der Waals surface area contributed by atoms with Crippen molar-refractivity contribution in [2.24, 2.45) is 17.8 Å². The van der Waals surface area contributed by atoms with Crippen molar-refractivity contribution in [1.82, 2.24) is 0 Å². The summed E-state index contributed by atoms with van der Waals surface area (Å²) in [6.45, 7) is 39.5. The topological polar surface area (TPSA) is 145 Å². The third kappa shape index (κ3) is 19.7. The highest BCUT2D eigenvalue weighted by atomic mass is 127. The van der Waals surface area contributed by atoms with Gasteiger partial charge in [0.25, 0.3) is 0 Å². The summed E-state index contributed by atoms with van der Waals surface area (Å²) in [7, 11) is -5.64. The molecule has 0 radical (unpaired) electrons. The first kappa shape index (κ1) is 62.2. The van der Waals surface area contributed by atoms with Crippen LogP contribution in [0.5, 0.6) is 0 Å². The van der Waals surface area contributed by atoms with E-state index in [1.807, 2.05) is 88.3 Å². The number of carbonyl (C=O) groups is 1. The second-order valence-electron chi connectivity index (χ2n) is 23.9. The molecule has 4 heterocycles. The molecule has 0 spiro atoms. The summed E-state index contributed by atoms with van der Waals surface area (Å²) < 4.78 is 91.6. The second kappa shape index (κ2) is 25.7. The van der Waals surface area contributed by atoms with Crippen LogP contribution in [-0.2, 0) is 65.5 Å². The summed E-state index contributed by atoms with van der Waals surface area (Å²) in [6.07, 6.45) is 10.3. The summed E-state index contributed by atoms with van der Waals surface area (Å²) in [6, 6.07) is 0. The highest BCUT2D eigenvalue weighted by Gasteiger charge is 2.47. The third-order valence-electron chi connectivity index (χ3n) is 14.1. The zero-order chi connectivity index (χ0) is 52.7. The third-order valence-corrected chi connectivity index (χ3v) is 21.1. The fraction of sp³-hybridized carbons (Fsp3) is 0.906. The Morgan fingerprint density at radius 1 is 0.700 bits per heavy atom. The standard InChI is InChI=1S/C53H96IO14PSi/c1-20-57-69(56,58-21-2)34-47(55)59-48(35(3)4)36(5)24-25-38-27-39(61-50(10,11)60-38)28-40-29-41(63-51(12,13)62-40)30-42-31-43(65-52(14,15)64-42)32-44-33-46(67-53(16,17)66-44)37(6)45(23-22-26-54)68-70(18,19)49(7,8)9/h22,24-26,35-46,48H,20-21,23,27-34H2,1-19H3/b25-24+,26-22+/t36-,37-,38-,39-,40-,41+,42-,43+,44+,45-,46+,48-/m0/s1. The van der Waals surface area contributed by atoms with Crippen LogP contribution >= 0.6 is 30.2 Å². The van der Waals surface area contributed by atoms with E-state index in [0.29, 0.717) is 25.7 Å². The first-order chi connectivity index (χ1) is 32.2. The second-order valence-corrected chi connectivity index (χ2v) is 31.5. The minimum absolute atomic E-state index is 0.00207. The molecule has 0 aromatic heterocycles. The Labute approximate surface area is 438 Å². The maximum atomic E-state index is 13.0. The van der Waals surface area contributed by atoms with Gasteiger partial charge in [0.05, 0.1) is 68.1 Å². The quantitative estimate of drug-likeness (QED) is 0.0314. The van der Waals surface area contributed by atoms with Gasteiger partial charge in [-0.05, 0) is 104 Å². The number of hydrogen-bond acceptors (Lipinski definition) is 14. The van der Waals surface area contributed by atoms with E-state index >= 15 is 0 Å². The van der Waals surface area contributed by atoms with Crippen LogP contribution in [0.2, 0.25) is 18.1 Å². The van der Waals surface area contributed by atoms with Crippen LogP contribution in [0.3, 0.4) is 0 Å². The normalized spacial score (nSPS) is 31.4. The van der Waals surface area contributed by atoms with Crippen molar-refractivity contribution in [2.75, 3.05) is 19.4 Å². The van der Waals surface area contributed by atoms with Gasteiger partial charge < -0.3 is 56.1 Å². The summed E-state index contributed by atoms with van der Waals surface area (Å²) >= 11 is 2.30. The molecule has 4 aliphatic rings. The summed E-state index contributed by atoms with van der Waals surface area (Å²) in [5, 5.41) is 0.0959. The van der Waals surface area contributed by atoms with Gasteiger partial charge in [-0.2, -0.15) is 0 Å². The Kier molecular flexibility index (Phi) is 22.8. The van der Waals surface area contributed by atoms with Crippen molar-refractivity contribution in [3.63, 3.8) is 0 Å². The summed E-state index contributed by atoms with van der Waals surface area (Å²) in [4.78, 5) is 13.0. The minimum atomic E-state index is -3.59. The average Bonchev–Trinajstić information content (AvgIpc) is 3.17. The van der Waals surface area contributed by atoms with Gasteiger partial charge in [-0.15, -0.1) is 0 Å². The molecule has 4 rings (SSSR count). The fourth-order valence-electron chi connectivity index (χ4n) is 10.4. The van der Waals surface area contributed by atoms with E-state index in [1.165, 1.54) is 0 Å². The van der Waals surface area contributed by atoms with Crippen LogP contribution < -0.4 is 0 Å². The number of esters is 1. The lowest BCUT2D eigenvalue weighted by Gasteiger charge is -2.48. The molecule has 0 saturated carbocycles. The van der Waals surface area contributed by atoms with E-state index in [1.54, 1.807) is 13.8 Å². The molecule has 0 bridgehead atoms. The van der Waals surface area contributed by atoms with Gasteiger partial charge in [-0.3, -0.25) is 9.36 Å². The first-order valence-electron chi connectivity index (χ1n) is 26.3. The van der Waals surface area contributed by atoms with Gasteiger partial charge in [0.2, 0.25) is 0 Å². The van der Waals surface area contributed by atoms with Crippen molar-refractivity contribution < 1.29 is 65.5 Å². The van der Waals surface area contributed by atoms with Crippen molar-refractivity contribution in [1.29, 1.82) is 0 Å². The van der Waals surface area contributed by atoms with Crippen LogP contribution in [0.1, 0.15) is 169 Å². The number of hydrogen-bond donors (Lipinski definition) is 0. The van der Waals surface area contributed by atoms with Gasteiger partial charge >= 0.3 is 13.6 Å². The van der Waals surface area contributed by atoms with E-state index in [0.717, 1.165) is 25.7 Å². The predicted molar refractivity (Wildman–Crippen MR) is 285 cm³/mol. The largest absolute Gasteiger partial charge is 0.461 e. The molecule has 4 aliphatic heterocycles. The Morgan fingerprint density at radius 3 is 1.56 bits per heavy atom. The van der Waals surface area contributed by atoms with Gasteiger partial charge in [0, 0.05) is 56.8 Å². The lowest BCUT2D eigenvalue weighted by Crippen LogP contribution is -2.53. The molecule has 408 valence electrons. The monoisotopic (exact) mass is 1140 g/mol. The molecule has 0 aliphatic carbocycles. The van der Waals surface area contributed by atoms with Gasteiger partial charge in [-0.1, -0.05) is 89.3 Å². The van der Waals surface area contributed by atoms with E-state index in [9.17, 15) is 9.36 Å². The Bertz CT molecular complexity index is 1740. The average molecular weight is 1140 g/mol. The first-order valence-corrected chi connectivity index (χ1v) is 32.2. The van der Waals surface area contributed by atoms with Crippen molar-refractivity contribution in [3.8, 4) is 0 Å². The maximum absolute atomic E-state index is 13.0. The van der Waals surface area contributed by atoms with Gasteiger partial charge in [0.15, 0.2) is 31.5 Å². The molecular formula is C53H96IO14PSi. The Hall–Kier alpha value is -0.313. The molecule has 70 heavy (non-hydrogen) atoms. The smallest absolute Gasteiger partial charge is 0.341 e. The summed E-state index contributed by atoms with van der Waals surface area (Å²) in [5.74, 6) is -3.79. The van der Waals surface area contributed by atoms with Crippen LogP contribution in [0.4, 0.5) is 0 Å². The van der Waals surface area contributed by atoms with Crippen LogP contribution in [0.15, 0.2) is 22.3 Å². The van der Waals surface area contributed by atoms with E-state index < -0.39 is 57.3 Å². The predicted octanol–water partition coefficient (Wildman–Crippen LogP) is 13.2. The number of rotatable bonds is 23. The molecule has 0 aromatic carbocycles. The molecule has 0 aromatic rings. The Morgan fingerprint density at radius 2 is 1.13 bits per heavy atom. The molecule has 17 heteroatoms. The number of ether oxygens (including phenoxy) is 9. The van der Waals surface area contributed by atoms with Crippen LogP contribution in [0.25, 0.3) is 0 Å². The number of halogens is 1. The molecule has 4 saturated heterocycles. The van der Waals surface area contributed by atoms with Gasteiger partial charge in [-0.25, -0.2) is 0 Å². The van der Waals surface area contributed by atoms with Crippen LogP contribution in [-0.4, -0.2) is 118 Å². The van der Waals surface area contributed by atoms with Gasteiger partial charge in [0.1, 0.15) is 12.3 Å².